The van der Waals surface area contributed by atoms with E-state index in [1.807, 2.05) is 0 Å². The molecule has 24 heavy (non-hydrogen) atoms. The predicted molar refractivity (Wildman–Crippen MR) is 94.1 cm³/mol. The Morgan fingerprint density at radius 1 is 1.04 bits per heavy atom. The van der Waals surface area contributed by atoms with Crippen molar-refractivity contribution in [3.8, 4) is 0 Å². The van der Waals surface area contributed by atoms with E-state index in [2.05, 4.69) is 5.32 Å². The van der Waals surface area contributed by atoms with Crippen LogP contribution in [0.1, 0.15) is 17.3 Å². The minimum Gasteiger partial charge on any atom is -0.325 e. The van der Waals surface area contributed by atoms with Crippen LogP contribution in [0.3, 0.4) is 0 Å². The number of sulfone groups is 1. The number of anilines is 1. The number of rotatable bonds is 6. The van der Waals surface area contributed by atoms with Crippen LogP contribution in [0.5, 0.6) is 0 Å². The van der Waals surface area contributed by atoms with E-state index in [1.165, 1.54) is 6.92 Å². The highest BCUT2D eigenvalue weighted by atomic mass is 35.5. The maximum Gasteiger partial charge on any atom is 0.239 e. The van der Waals surface area contributed by atoms with Crippen molar-refractivity contribution in [2.24, 2.45) is 0 Å². The van der Waals surface area contributed by atoms with Crippen LogP contribution >= 0.6 is 11.6 Å². The molecule has 1 unspecified atom stereocenters. The van der Waals surface area contributed by atoms with E-state index < -0.39 is 32.5 Å². The van der Waals surface area contributed by atoms with Crippen molar-refractivity contribution in [2.45, 2.75) is 12.2 Å². The number of nitrogens with one attached hydrogen (secondary N) is 1. The fraction of sp³-hybridized carbons (Fsp3) is 0.176. The number of hydrogen-bond donors (Lipinski definition) is 1. The van der Waals surface area contributed by atoms with E-state index in [9.17, 15) is 18.0 Å². The molecule has 7 heteroatoms. The first kappa shape index (κ1) is 18.2. The van der Waals surface area contributed by atoms with Gasteiger partial charge >= 0.3 is 0 Å². The average Bonchev–Trinajstić information content (AvgIpc) is 2.56. The first-order valence-corrected chi connectivity index (χ1v) is 9.25. The van der Waals surface area contributed by atoms with Crippen LogP contribution in [-0.4, -0.2) is 31.1 Å². The van der Waals surface area contributed by atoms with Crippen molar-refractivity contribution in [3.05, 3.63) is 65.2 Å². The van der Waals surface area contributed by atoms with E-state index in [0.29, 0.717) is 16.3 Å². The van der Waals surface area contributed by atoms with Crippen molar-refractivity contribution >= 4 is 38.8 Å². The van der Waals surface area contributed by atoms with E-state index in [4.69, 9.17) is 11.6 Å². The number of Topliss-reactive ketones (excluding diaryl/α,β-unsaturated/α-hetero) is 1. The summed E-state index contributed by atoms with van der Waals surface area (Å²) in [5, 5.41) is 1.68. The first-order valence-electron chi connectivity index (χ1n) is 7.16. The molecule has 0 aliphatic rings. The summed E-state index contributed by atoms with van der Waals surface area (Å²) in [5.74, 6) is -2.00. The zero-order valence-corrected chi connectivity index (χ0v) is 14.5. The molecule has 2 aromatic rings. The molecule has 0 spiro atoms. The van der Waals surface area contributed by atoms with Gasteiger partial charge in [-0.05, 0) is 31.2 Å². The van der Waals surface area contributed by atoms with Gasteiger partial charge in [-0.3, -0.25) is 9.59 Å². The Kier molecular flexibility index (Phi) is 5.75. The minimum absolute atomic E-state index is 0.298. The number of carbonyl (C=O) groups is 2. The first-order chi connectivity index (χ1) is 11.3. The number of benzene rings is 2. The number of amides is 1. The minimum atomic E-state index is -3.92. The SMILES string of the molecule is CC(C(=O)c1ccccc1)S(=O)(=O)CC(=O)Nc1ccc(Cl)cc1. The van der Waals surface area contributed by atoms with Crippen LogP contribution in [0.15, 0.2) is 54.6 Å². The van der Waals surface area contributed by atoms with Crippen molar-refractivity contribution in [3.63, 3.8) is 0 Å². The van der Waals surface area contributed by atoms with Gasteiger partial charge in [-0.15, -0.1) is 0 Å². The molecule has 2 rings (SSSR count). The van der Waals surface area contributed by atoms with Gasteiger partial charge in [0.1, 0.15) is 11.0 Å². The smallest absolute Gasteiger partial charge is 0.239 e. The van der Waals surface area contributed by atoms with E-state index in [1.54, 1.807) is 54.6 Å². The third-order valence-corrected chi connectivity index (χ3v) is 5.63. The molecule has 0 saturated carbocycles. The molecule has 0 aliphatic carbocycles. The monoisotopic (exact) mass is 365 g/mol. The average molecular weight is 366 g/mol. The lowest BCUT2D eigenvalue weighted by Gasteiger charge is -2.12. The second-order valence-corrected chi connectivity index (χ2v) is 7.99. The standard InChI is InChI=1S/C17H16ClNO4S/c1-12(17(21)13-5-3-2-4-6-13)24(22,23)11-16(20)19-15-9-7-14(18)8-10-15/h2-10,12H,11H2,1H3,(H,19,20). The molecule has 1 N–H and O–H groups in total. The molecule has 0 aliphatic heterocycles. The van der Waals surface area contributed by atoms with Gasteiger partial charge in [0.25, 0.3) is 0 Å². The van der Waals surface area contributed by atoms with Crippen LogP contribution in [-0.2, 0) is 14.6 Å². The molecule has 1 amide bonds. The van der Waals surface area contributed by atoms with Crippen LogP contribution < -0.4 is 5.32 Å². The summed E-state index contributed by atoms with van der Waals surface area (Å²) in [5.41, 5.74) is 0.730. The van der Waals surface area contributed by atoms with Crippen molar-refractivity contribution < 1.29 is 18.0 Å². The second-order valence-electron chi connectivity index (χ2n) is 5.23. The quantitative estimate of drug-likeness (QED) is 0.798. The lowest BCUT2D eigenvalue weighted by Crippen LogP contribution is -2.34. The van der Waals surface area contributed by atoms with Gasteiger partial charge in [-0.2, -0.15) is 0 Å². The molecule has 2 aromatic carbocycles. The number of carbonyl (C=O) groups excluding carboxylic acids is 2. The lowest BCUT2D eigenvalue weighted by molar-refractivity contribution is -0.113. The zero-order chi connectivity index (χ0) is 17.7. The third kappa shape index (κ3) is 4.66. The number of ketones is 1. The van der Waals surface area contributed by atoms with Gasteiger partial charge in [-0.1, -0.05) is 41.9 Å². The molecule has 126 valence electrons. The summed E-state index contributed by atoms with van der Waals surface area (Å²) in [6.07, 6.45) is 0. The number of halogens is 1. The van der Waals surface area contributed by atoms with E-state index in [-0.39, 0.29) is 0 Å². The van der Waals surface area contributed by atoms with Crippen molar-refractivity contribution in [1.29, 1.82) is 0 Å². The molecular formula is C17H16ClNO4S. The lowest BCUT2D eigenvalue weighted by atomic mass is 10.1. The molecule has 0 aromatic heterocycles. The normalized spacial score (nSPS) is 12.4. The van der Waals surface area contributed by atoms with E-state index in [0.717, 1.165) is 0 Å². The largest absolute Gasteiger partial charge is 0.325 e. The highest BCUT2D eigenvalue weighted by molar-refractivity contribution is 7.93. The molecule has 0 bridgehead atoms. The van der Waals surface area contributed by atoms with Gasteiger partial charge in [-0.25, -0.2) is 8.42 Å². The van der Waals surface area contributed by atoms with Gasteiger partial charge in [0.15, 0.2) is 15.6 Å². The van der Waals surface area contributed by atoms with Crippen molar-refractivity contribution in [1.82, 2.24) is 0 Å². The highest BCUT2D eigenvalue weighted by Gasteiger charge is 2.30. The summed E-state index contributed by atoms with van der Waals surface area (Å²) >= 11 is 5.74. The van der Waals surface area contributed by atoms with Gasteiger partial charge in [0, 0.05) is 16.3 Å². The van der Waals surface area contributed by atoms with Gasteiger partial charge in [0.2, 0.25) is 5.91 Å². The molecule has 0 fully saturated rings. The molecule has 0 heterocycles. The van der Waals surface area contributed by atoms with Gasteiger partial charge < -0.3 is 5.32 Å². The Morgan fingerprint density at radius 2 is 1.62 bits per heavy atom. The third-order valence-electron chi connectivity index (χ3n) is 3.43. The number of hydrogen-bond acceptors (Lipinski definition) is 4. The summed E-state index contributed by atoms with van der Waals surface area (Å²) in [4.78, 5) is 24.2. The van der Waals surface area contributed by atoms with Crippen LogP contribution in [0, 0.1) is 0 Å². The second kappa shape index (κ2) is 7.59. The Bertz CT molecular complexity index is 833. The topological polar surface area (TPSA) is 80.3 Å². The van der Waals surface area contributed by atoms with Crippen LogP contribution in [0.2, 0.25) is 5.02 Å². The maximum absolute atomic E-state index is 12.3. The van der Waals surface area contributed by atoms with Gasteiger partial charge in [0.05, 0.1) is 0 Å². The molecule has 0 saturated heterocycles. The summed E-state index contributed by atoms with van der Waals surface area (Å²) in [6.45, 7) is 1.29. The van der Waals surface area contributed by atoms with Crippen molar-refractivity contribution in [2.75, 3.05) is 11.1 Å². The Labute approximate surface area is 145 Å². The molecule has 5 nitrogen and oxygen atoms in total. The zero-order valence-electron chi connectivity index (χ0n) is 12.9. The fourth-order valence-electron chi connectivity index (χ4n) is 2.04. The highest BCUT2D eigenvalue weighted by Crippen LogP contribution is 2.15. The Balaban J connectivity index is 2.05. The Hall–Kier alpha value is -2.18. The summed E-state index contributed by atoms with van der Waals surface area (Å²) in [6, 6.07) is 14.4. The molecule has 1 atom stereocenters. The van der Waals surface area contributed by atoms with E-state index >= 15 is 0 Å². The van der Waals surface area contributed by atoms with Crippen LogP contribution in [0.4, 0.5) is 5.69 Å². The summed E-state index contributed by atoms with van der Waals surface area (Å²) in [7, 11) is -3.92. The Morgan fingerprint density at radius 3 is 2.21 bits per heavy atom. The van der Waals surface area contributed by atoms with Crippen LogP contribution in [0.25, 0.3) is 0 Å². The predicted octanol–water partition coefficient (Wildman–Crippen LogP) is 2.96. The maximum atomic E-state index is 12.3. The fourth-order valence-corrected chi connectivity index (χ4v) is 3.31. The summed E-state index contributed by atoms with van der Waals surface area (Å²) < 4.78 is 24.6. The molecule has 0 radical (unpaired) electrons. The molecular weight excluding hydrogens is 350 g/mol.